The molecule has 0 amide bonds. The third-order valence-electron chi connectivity index (χ3n) is 2.68. The Balaban J connectivity index is 3.26. The van der Waals surface area contributed by atoms with Crippen molar-refractivity contribution in [3.05, 3.63) is 30.1 Å². The molecule has 6 nitrogen and oxygen atoms in total. The Hall–Kier alpha value is -1.28. The van der Waals surface area contributed by atoms with Crippen LogP contribution in [0.25, 0.3) is 0 Å². The number of pyridine rings is 1. The minimum atomic E-state index is -3.36. The molecule has 1 rings (SSSR count). The van der Waals surface area contributed by atoms with E-state index in [-0.39, 0.29) is 0 Å². The van der Waals surface area contributed by atoms with Gasteiger partial charge in [-0.3, -0.25) is 9.78 Å². The van der Waals surface area contributed by atoms with E-state index >= 15 is 0 Å². The highest BCUT2D eigenvalue weighted by Gasteiger charge is 2.54. The number of hydrogen-bond donors (Lipinski definition) is 1. The van der Waals surface area contributed by atoms with Crippen LogP contribution in [0.15, 0.2) is 24.5 Å². The molecule has 0 saturated heterocycles. The summed E-state index contributed by atoms with van der Waals surface area (Å²) in [6.07, 6.45) is 3.10. The normalized spacial score (nSPS) is 13.2. The molecule has 1 aromatic heterocycles. The van der Waals surface area contributed by atoms with Gasteiger partial charge in [0, 0.05) is 32.2 Å². The van der Waals surface area contributed by atoms with Crippen LogP contribution < -0.4 is 0 Å². The molecule has 20 heavy (non-hydrogen) atoms. The molecule has 1 atom stereocenters. The Labute approximate surface area is 120 Å². The number of hydrogen-bond acceptors (Lipinski definition) is 5. The van der Waals surface area contributed by atoms with Gasteiger partial charge in [0.05, 0.1) is 0 Å². The fourth-order valence-corrected chi connectivity index (χ4v) is 4.89. The van der Waals surface area contributed by atoms with Crippen molar-refractivity contribution in [2.24, 2.45) is 0 Å². The molecule has 0 aliphatic heterocycles. The Morgan fingerprint density at radius 3 is 1.95 bits per heavy atom. The van der Waals surface area contributed by atoms with Crippen molar-refractivity contribution < 1.29 is 23.2 Å². The molecule has 112 valence electrons. The standard InChI is InChI=1S/C13H21NO5Si/c1-4-17-20(18-5-2,19-6-3)12(13(15)16)11-7-9-14-10-8-11/h7-10,12H,4-6H2,1-3H3,(H,15,16). The van der Waals surface area contributed by atoms with E-state index in [9.17, 15) is 9.90 Å². The van der Waals surface area contributed by atoms with Crippen LogP contribution in [-0.4, -0.2) is 44.7 Å². The molecule has 1 N–H and O–H groups in total. The summed E-state index contributed by atoms with van der Waals surface area (Å²) >= 11 is 0. The van der Waals surface area contributed by atoms with E-state index in [1.54, 1.807) is 45.3 Å². The lowest BCUT2D eigenvalue weighted by Crippen LogP contribution is -2.54. The summed E-state index contributed by atoms with van der Waals surface area (Å²) in [6, 6.07) is 3.30. The van der Waals surface area contributed by atoms with E-state index in [0.717, 1.165) is 0 Å². The van der Waals surface area contributed by atoms with Crippen molar-refractivity contribution in [2.45, 2.75) is 26.3 Å². The SMILES string of the molecule is CCO[Si](OCC)(OCC)C(C(=O)O)c1ccncc1. The predicted molar refractivity (Wildman–Crippen MR) is 75.2 cm³/mol. The largest absolute Gasteiger partial charge is 0.520 e. The lowest BCUT2D eigenvalue weighted by Gasteiger charge is -2.33. The van der Waals surface area contributed by atoms with Crippen LogP contribution >= 0.6 is 0 Å². The number of aromatic nitrogens is 1. The minimum absolute atomic E-state index is 0.334. The van der Waals surface area contributed by atoms with Crippen molar-refractivity contribution in [1.29, 1.82) is 0 Å². The maximum atomic E-state index is 11.7. The van der Waals surface area contributed by atoms with Crippen LogP contribution in [0.1, 0.15) is 31.9 Å². The molecule has 0 aliphatic carbocycles. The van der Waals surface area contributed by atoms with E-state index in [2.05, 4.69) is 4.98 Å². The molecule has 0 aliphatic rings. The van der Waals surface area contributed by atoms with Crippen molar-refractivity contribution in [1.82, 2.24) is 4.98 Å². The quantitative estimate of drug-likeness (QED) is 0.701. The number of carbonyl (C=O) groups is 1. The van der Waals surface area contributed by atoms with E-state index in [4.69, 9.17) is 13.3 Å². The van der Waals surface area contributed by atoms with Gasteiger partial charge in [0.2, 0.25) is 0 Å². The number of carboxylic acid groups (broad SMARTS) is 1. The molecule has 0 bridgehead atoms. The molecule has 0 radical (unpaired) electrons. The molecule has 1 aromatic rings. The fourth-order valence-electron chi connectivity index (χ4n) is 2.03. The van der Waals surface area contributed by atoms with E-state index < -0.39 is 20.3 Å². The number of aliphatic carboxylic acids is 1. The van der Waals surface area contributed by atoms with E-state index in [1.807, 2.05) is 0 Å². The maximum Gasteiger partial charge on any atom is 0.520 e. The van der Waals surface area contributed by atoms with Crippen LogP contribution in [0.2, 0.25) is 0 Å². The van der Waals surface area contributed by atoms with Gasteiger partial charge in [0.1, 0.15) is 0 Å². The smallest absolute Gasteiger partial charge is 0.481 e. The highest BCUT2D eigenvalue weighted by atomic mass is 28.4. The Morgan fingerprint density at radius 2 is 1.60 bits per heavy atom. The Kier molecular flexibility index (Phi) is 6.80. The molecule has 0 spiro atoms. The van der Waals surface area contributed by atoms with Crippen molar-refractivity contribution in [2.75, 3.05) is 19.8 Å². The average Bonchev–Trinajstić information content (AvgIpc) is 2.40. The molecule has 1 heterocycles. The predicted octanol–water partition coefficient (Wildman–Crippen LogP) is 1.84. The zero-order valence-corrected chi connectivity index (χ0v) is 13.0. The maximum absolute atomic E-state index is 11.7. The second-order valence-corrected chi connectivity index (χ2v) is 6.60. The zero-order chi connectivity index (χ0) is 15.0. The monoisotopic (exact) mass is 299 g/mol. The summed E-state index contributed by atoms with van der Waals surface area (Å²) in [4.78, 5) is 15.7. The van der Waals surface area contributed by atoms with Crippen molar-refractivity contribution in [3.8, 4) is 0 Å². The van der Waals surface area contributed by atoms with Gasteiger partial charge in [-0.2, -0.15) is 0 Å². The third kappa shape index (κ3) is 3.86. The van der Waals surface area contributed by atoms with Crippen LogP contribution in [0.5, 0.6) is 0 Å². The molecule has 7 heteroatoms. The molecule has 0 aromatic carbocycles. The first-order valence-corrected chi connectivity index (χ1v) is 8.46. The molecule has 1 unspecified atom stereocenters. The lowest BCUT2D eigenvalue weighted by atomic mass is 10.2. The summed E-state index contributed by atoms with van der Waals surface area (Å²) < 4.78 is 17.0. The van der Waals surface area contributed by atoms with Gasteiger partial charge in [0.15, 0.2) is 5.54 Å². The highest BCUT2D eigenvalue weighted by Crippen LogP contribution is 2.30. The average molecular weight is 299 g/mol. The van der Waals surface area contributed by atoms with Gasteiger partial charge in [-0.05, 0) is 38.5 Å². The van der Waals surface area contributed by atoms with E-state index in [0.29, 0.717) is 25.4 Å². The number of rotatable bonds is 9. The molecular formula is C13H21NO5Si. The van der Waals surface area contributed by atoms with Gasteiger partial charge in [-0.1, -0.05) is 0 Å². The summed E-state index contributed by atoms with van der Waals surface area (Å²) in [6.45, 7) is 6.39. The fraction of sp³-hybridized carbons (Fsp3) is 0.538. The number of nitrogens with zero attached hydrogens (tertiary/aromatic N) is 1. The first-order valence-electron chi connectivity index (χ1n) is 6.65. The summed E-state index contributed by atoms with van der Waals surface area (Å²) in [5.74, 6) is -1.02. The highest BCUT2D eigenvalue weighted by molar-refractivity contribution is 6.66. The Bertz CT molecular complexity index is 397. The minimum Gasteiger partial charge on any atom is -0.481 e. The van der Waals surface area contributed by atoms with Crippen molar-refractivity contribution in [3.63, 3.8) is 0 Å². The second kappa shape index (κ2) is 8.10. The Morgan fingerprint density at radius 1 is 1.15 bits per heavy atom. The van der Waals surface area contributed by atoms with Crippen LogP contribution in [-0.2, 0) is 18.1 Å². The molecule has 0 fully saturated rings. The summed E-state index contributed by atoms with van der Waals surface area (Å²) in [7, 11) is -3.36. The summed E-state index contributed by atoms with van der Waals surface area (Å²) in [5, 5.41) is 9.62. The van der Waals surface area contributed by atoms with Gasteiger partial charge in [-0.15, -0.1) is 0 Å². The van der Waals surface area contributed by atoms with Gasteiger partial charge < -0.3 is 18.4 Å². The number of carboxylic acids is 1. The third-order valence-corrected chi connectivity index (χ3v) is 6.04. The summed E-state index contributed by atoms with van der Waals surface area (Å²) in [5.41, 5.74) is -0.375. The van der Waals surface area contributed by atoms with Gasteiger partial charge >= 0.3 is 14.8 Å². The molecule has 0 saturated carbocycles. The van der Waals surface area contributed by atoms with Gasteiger partial charge in [-0.25, -0.2) is 0 Å². The first kappa shape index (κ1) is 16.8. The second-order valence-electron chi connectivity index (χ2n) is 3.95. The van der Waals surface area contributed by atoms with Crippen LogP contribution in [0, 0.1) is 0 Å². The van der Waals surface area contributed by atoms with Crippen molar-refractivity contribution >= 4 is 14.8 Å². The zero-order valence-electron chi connectivity index (χ0n) is 12.0. The topological polar surface area (TPSA) is 77.9 Å². The molecular weight excluding hydrogens is 278 g/mol. The first-order chi connectivity index (χ1) is 9.61. The van der Waals surface area contributed by atoms with Crippen LogP contribution in [0.4, 0.5) is 0 Å². The van der Waals surface area contributed by atoms with Crippen LogP contribution in [0.3, 0.4) is 0 Å². The van der Waals surface area contributed by atoms with E-state index in [1.165, 1.54) is 0 Å². The lowest BCUT2D eigenvalue weighted by molar-refractivity contribution is -0.138. The van der Waals surface area contributed by atoms with Gasteiger partial charge in [0.25, 0.3) is 0 Å².